The van der Waals surface area contributed by atoms with E-state index in [1.807, 2.05) is 6.07 Å². The minimum absolute atomic E-state index is 0.0760. The molecule has 0 saturated carbocycles. The van der Waals surface area contributed by atoms with Crippen LogP contribution in [0.15, 0.2) is 40.9 Å². The molecule has 0 fully saturated rings. The smallest absolute Gasteiger partial charge is 0.259 e. The summed E-state index contributed by atoms with van der Waals surface area (Å²) >= 11 is 3.28. The number of benzene rings is 2. The molecular formula is C15H11BrN2O3. The number of hydrogen-bond acceptors (Lipinski definition) is 4. The monoisotopic (exact) mass is 346 g/mol. The molecule has 2 N–H and O–H groups in total. The molecule has 0 aromatic heterocycles. The summed E-state index contributed by atoms with van der Waals surface area (Å²) in [4.78, 5) is 12.3. The summed E-state index contributed by atoms with van der Waals surface area (Å²) in [5.41, 5.74) is 0.545. The van der Waals surface area contributed by atoms with E-state index in [2.05, 4.69) is 21.2 Å². The molecule has 0 aliphatic rings. The highest BCUT2D eigenvalue weighted by atomic mass is 79.9. The highest BCUT2D eigenvalue weighted by Crippen LogP contribution is 2.29. The Morgan fingerprint density at radius 1 is 1.38 bits per heavy atom. The number of aromatic hydroxyl groups is 1. The number of anilines is 1. The summed E-state index contributed by atoms with van der Waals surface area (Å²) < 4.78 is 5.85. The predicted octanol–water partition coefficient (Wildman–Crippen LogP) is 3.29. The fourth-order valence-electron chi connectivity index (χ4n) is 1.80. The van der Waals surface area contributed by atoms with E-state index in [1.54, 1.807) is 18.2 Å². The van der Waals surface area contributed by atoms with E-state index in [4.69, 9.17) is 10.00 Å². The summed E-state index contributed by atoms with van der Waals surface area (Å²) in [6, 6.07) is 11.3. The summed E-state index contributed by atoms with van der Waals surface area (Å²) in [7, 11) is 1.46. The Kier molecular flexibility index (Phi) is 4.45. The number of phenolic OH excluding ortho intramolecular Hbond substituents is 1. The molecule has 6 heteroatoms. The Morgan fingerprint density at radius 3 is 2.81 bits per heavy atom. The normalized spacial score (nSPS) is 9.76. The van der Waals surface area contributed by atoms with Gasteiger partial charge in [-0.1, -0.05) is 22.0 Å². The topological polar surface area (TPSA) is 82.3 Å². The van der Waals surface area contributed by atoms with Gasteiger partial charge in [0.2, 0.25) is 0 Å². The van der Waals surface area contributed by atoms with Crippen LogP contribution in [0.4, 0.5) is 5.69 Å². The third-order valence-electron chi connectivity index (χ3n) is 2.81. The van der Waals surface area contributed by atoms with E-state index in [-0.39, 0.29) is 17.0 Å². The van der Waals surface area contributed by atoms with Crippen LogP contribution in [0.1, 0.15) is 15.9 Å². The number of amides is 1. The van der Waals surface area contributed by atoms with Crippen LogP contribution < -0.4 is 10.1 Å². The summed E-state index contributed by atoms with van der Waals surface area (Å²) in [6.07, 6.45) is 0. The molecule has 2 aromatic carbocycles. The number of ether oxygens (including phenoxy) is 1. The average molecular weight is 347 g/mol. The average Bonchev–Trinajstić information content (AvgIpc) is 2.49. The Bertz CT molecular complexity index is 738. The zero-order valence-electron chi connectivity index (χ0n) is 11.1. The molecule has 5 nitrogen and oxygen atoms in total. The van der Waals surface area contributed by atoms with E-state index in [1.165, 1.54) is 25.3 Å². The van der Waals surface area contributed by atoms with Gasteiger partial charge in [0.15, 0.2) is 0 Å². The number of para-hydroxylation sites is 1. The van der Waals surface area contributed by atoms with Gasteiger partial charge < -0.3 is 15.2 Å². The standard InChI is InChI=1S/C15H11BrN2O3/c1-21-13-6-5-10(16)7-11(13)15(20)18-14-9(8-17)3-2-4-12(14)19/h2-7,19H,1H3,(H,18,20). The van der Waals surface area contributed by atoms with Crippen LogP contribution in [-0.2, 0) is 0 Å². The minimum atomic E-state index is -0.480. The fourth-order valence-corrected chi connectivity index (χ4v) is 2.16. The molecule has 106 valence electrons. The second-order valence-electron chi connectivity index (χ2n) is 4.11. The predicted molar refractivity (Wildman–Crippen MR) is 81.5 cm³/mol. The van der Waals surface area contributed by atoms with Crippen molar-refractivity contribution in [3.05, 3.63) is 52.0 Å². The third-order valence-corrected chi connectivity index (χ3v) is 3.30. The molecule has 0 heterocycles. The lowest BCUT2D eigenvalue weighted by molar-refractivity contribution is 0.102. The van der Waals surface area contributed by atoms with Crippen molar-refractivity contribution in [3.63, 3.8) is 0 Å². The van der Waals surface area contributed by atoms with E-state index in [9.17, 15) is 9.90 Å². The zero-order valence-corrected chi connectivity index (χ0v) is 12.6. The van der Waals surface area contributed by atoms with E-state index in [0.29, 0.717) is 15.8 Å². The van der Waals surface area contributed by atoms with Crippen molar-refractivity contribution >= 4 is 27.5 Å². The van der Waals surface area contributed by atoms with Gasteiger partial charge in [0.05, 0.1) is 18.2 Å². The van der Waals surface area contributed by atoms with Gasteiger partial charge in [0.1, 0.15) is 23.3 Å². The van der Waals surface area contributed by atoms with Crippen molar-refractivity contribution in [2.45, 2.75) is 0 Å². The van der Waals surface area contributed by atoms with Gasteiger partial charge in [-0.15, -0.1) is 0 Å². The molecule has 2 rings (SSSR count). The number of methoxy groups -OCH3 is 1. The van der Waals surface area contributed by atoms with Gasteiger partial charge in [-0.05, 0) is 30.3 Å². The van der Waals surface area contributed by atoms with Crippen molar-refractivity contribution in [3.8, 4) is 17.6 Å². The molecule has 0 aliphatic heterocycles. The van der Waals surface area contributed by atoms with Gasteiger partial charge in [-0.3, -0.25) is 4.79 Å². The van der Waals surface area contributed by atoms with Crippen molar-refractivity contribution in [1.29, 1.82) is 5.26 Å². The number of hydrogen-bond donors (Lipinski definition) is 2. The number of rotatable bonds is 3. The lowest BCUT2D eigenvalue weighted by Gasteiger charge is -2.11. The first-order chi connectivity index (χ1) is 10.1. The van der Waals surface area contributed by atoms with Crippen LogP contribution in [0.5, 0.6) is 11.5 Å². The molecule has 0 saturated heterocycles. The van der Waals surface area contributed by atoms with Crippen LogP contribution in [0.25, 0.3) is 0 Å². The number of nitrogens with one attached hydrogen (secondary N) is 1. The molecule has 0 bridgehead atoms. The largest absolute Gasteiger partial charge is 0.506 e. The number of carbonyl (C=O) groups is 1. The van der Waals surface area contributed by atoms with Gasteiger partial charge in [-0.2, -0.15) is 5.26 Å². The highest BCUT2D eigenvalue weighted by molar-refractivity contribution is 9.10. The maximum atomic E-state index is 12.3. The van der Waals surface area contributed by atoms with Gasteiger partial charge in [-0.25, -0.2) is 0 Å². The number of carbonyl (C=O) groups excluding carboxylic acids is 1. The second kappa shape index (κ2) is 6.29. The van der Waals surface area contributed by atoms with Gasteiger partial charge >= 0.3 is 0 Å². The van der Waals surface area contributed by atoms with Crippen molar-refractivity contribution < 1.29 is 14.6 Å². The lowest BCUT2D eigenvalue weighted by Crippen LogP contribution is -2.14. The van der Waals surface area contributed by atoms with Gasteiger partial charge in [0, 0.05) is 4.47 Å². The molecule has 2 aromatic rings. The molecule has 1 amide bonds. The quantitative estimate of drug-likeness (QED) is 0.835. The van der Waals surface area contributed by atoms with Crippen molar-refractivity contribution in [1.82, 2.24) is 0 Å². The summed E-state index contributed by atoms with van der Waals surface area (Å²) in [5, 5.41) is 21.4. The third kappa shape index (κ3) is 3.15. The SMILES string of the molecule is COc1ccc(Br)cc1C(=O)Nc1c(O)cccc1C#N. The Balaban J connectivity index is 2.40. The Hall–Kier alpha value is -2.52. The number of nitriles is 1. The summed E-state index contributed by atoms with van der Waals surface area (Å²) in [5.74, 6) is -0.257. The molecule has 0 spiro atoms. The maximum absolute atomic E-state index is 12.3. The molecular weight excluding hydrogens is 336 g/mol. The second-order valence-corrected chi connectivity index (χ2v) is 5.03. The summed E-state index contributed by atoms with van der Waals surface area (Å²) in [6.45, 7) is 0. The molecule has 0 radical (unpaired) electrons. The van der Waals surface area contributed by atoms with E-state index in [0.717, 1.165) is 0 Å². The first-order valence-electron chi connectivity index (χ1n) is 5.93. The number of phenols is 1. The molecule has 0 unspecified atom stereocenters. The Morgan fingerprint density at radius 2 is 2.14 bits per heavy atom. The van der Waals surface area contributed by atoms with E-state index < -0.39 is 5.91 Å². The maximum Gasteiger partial charge on any atom is 0.259 e. The molecule has 0 atom stereocenters. The van der Waals surface area contributed by atoms with Crippen LogP contribution in [0, 0.1) is 11.3 Å². The number of nitrogens with zero attached hydrogens (tertiary/aromatic N) is 1. The van der Waals surface area contributed by atoms with Crippen LogP contribution >= 0.6 is 15.9 Å². The fraction of sp³-hybridized carbons (Fsp3) is 0.0667. The van der Waals surface area contributed by atoms with Gasteiger partial charge in [0.25, 0.3) is 5.91 Å². The van der Waals surface area contributed by atoms with E-state index >= 15 is 0 Å². The lowest BCUT2D eigenvalue weighted by atomic mass is 10.1. The Labute approximate surface area is 129 Å². The highest BCUT2D eigenvalue weighted by Gasteiger charge is 2.16. The molecule has 21 heavy (non-hydrogen) atoms. The van der Waals surface area contributed by atoms with Crippen molar-refractivity contribution in [2.24, 2.45) is 0 Å². The number of halogens is 1. The first kappa shape index (κ1) is 14.9. The van der Waals surface area contributed by atoms with Crippen LogP contribution in [-0.4, -0.2) is 18.1 Å². The molecule has 0 aliphatic carbocycles. The zero-order chi connectivity index (χ0) is 15.4. The van der Waals surface area contributed by atoms with Crippen LogP contribution in [0.2, 0.25) is 0 Å². The van der Waals surface area contributed by atoms with Crippen molar-refractivity contribution in [2.75, 3.05) is 12.4 Å². The minimum Gasteiger partial charge on any atom is -0.506 e. The first-order valence-corrected chi connectivity index (χ1v) is 6.73. The van der Waals surface area contributed by atoms with Crippen LogP contribution in [0.3, 0.4) is 0 Å².